The first-order valence-electron chi connectivity index (χ1n) is 8.99. The van der Waals surface area contributed by atoms with Crippen molar-refractivity contribution in [2.45, 2.75) is 38.5 Å². The van der Waals surface area contributed by atoms with Gasteiger partial charge in [0.2, 0.25) is 0 Å². The molecule has 2 aliphatic rings. The molecule has 2 saturated carbocycles. The number of hydrogen-bond donors (Lipinski definition) is 1. The lowest BCUT2D eigenvalue weighted by Crippen LogP contribution is -2.24. The van der Waals surface area contributed by atoms with Gasteiger partial charge in [-0.15, -0.1) is 0 Å². The van der Waals surface area contributed by atoms with E-state index in [1.54, 1.807) is 24.3 Å². The van der Waals surface area contributed by atoms with Crippen LogP contribution in [0.25, 0.3) is 5.57 Å². The van der Waals surface area contributed by atoms with E-state index in [1.165, 1.54) is 43.3 Å². The fraction of sp³-hybridized carbons (Fsp3) is 0.364. The van der Waals surface area contributed by atoms with E-state index >= 15 is 0 Å². The van der Waals surface area contributed by atoms with Gasteiger partial charge in [-0.25, -0.2) is 4.39 Å². The van der Waals surface area contributed by atoms with Crippen LogP contribution in [-0.2, 0) is 0 Å². The van der Waals surface area contributed by atoms with E-state index in [9.17, 15) is 9.50 Å². The predicted molar refractivity (Wildman–Crippen MR) is 95.2 cm³/mol. The molecule has 2 aliphatic carbocycles. The van der Waals surface area contributed by atoms with Crippen molar-refractivity contribution in [3.63, 3.8) is 0 Å². The Balaban J connectivity index is 1.84. The average Bonchev–Trinajstić information content (AvgIpc) is 2.60. The van der Waals surface area contributed by atoms with Gasteiger partial charge >= 0.3 is 0 Å². The van der Waals surface area contributed by atoms with Crippen LogP contribution in [0, 0.1) is 17.7 Å². The van der Waals surface area contributed by atoms with E-state index in [0.717, 1.165) is 23.5 Å². The zero-order chi connectivity index (χ0) is 16.5. The van der Waals surface area contributed by atoms with E-state index < -0.39 is 0 Å². The monoisotopic (exact) mass is 322 g/mol. The quantitative estimate of drug-likeness (QED) is 0.726. The largest absolute Gasteiger partial charge is 0.508 e. The number of phenolic OH excluding ortho intramolecular Hbond substituents is 1. The summed E-state index contributed by atoms with van der Waals surface area (Å²) >= 11 is 0. The molecule has 1 nitrogen and oxygen atoms in total. The van der Waals surface area contributed by atoms with Crippen molar-refractivity contribution in [3.05, 3.63) is 71.0 Å². The van der Waals surface area contributed by atoms with Crippen molar-refractivity contribution in [2.75, 3.05) is 0 Å². The molecule has 2 bridgehead atoms. The Labute approximate surface area is 142 Å². The molecular weight excluding hydrogens is 299 g/mol. The molecule has 2 aromatic carbocycles. The van der Waals surface area contributed by atoms with Gasteiger partial charge in [-0.1, -0.05) is 42.7 Å². The predicted octanol–water partition coefficient (Wildman–Crippen LogP) is 5.93. The molecule has 2 aromatic rings. The summed E-state index contributed by atoms with van der Waals surface area (Å²) in [6, 6.07) is 14.3. The molecule has 2 heteroatoms. The molecule has 2 fully saturated rings. The van der Waals surface area contributed by atoms with Crippen molar-refractivity contribution in [1.29, 1.82) is 0 Å². The number of fused-ring (bicyclic) bond motifs is 2. The number of phenols is 1. The molecule has 2 atom stereocenters. The fourth-order valence-electron chi connectivity index (χ4n) is 4.54. The van der Waals surface area contributed by atoms with Crippen LogP contribution in [-0.4, -0.2) is 5.11 Å². The van der Waals surface area contributed by atoms with Crippen LogP contribution < -0.4 is 0 Å². The molecule has 4 rings (SSSR count). The van der Waals surface area contributed by atoms with Crippen molar-refractivity contribution < 1.29 is 9.50 Å². The lowest BCUT2D eigenvalue weighted by Gasteiger charge is -2.38. The number of benzene rings is 2. The van der Waals surface area contributed by atoms with Crippen molar-refractivity contribution in [2.24, 2.45) is 11.8 Å². The molecule has 124 valence electrons. The first kappa shape index (κ1) is 15.4. The maximum Gasteiger partial charge on any atom is 0.123 e. The SMILES string of the molecule is Oc1ccc(/C(=C2\CC[C@H]3CCC[C@@H]2C3)c2ccc(F)cc2)cc1. The number of allylic oxidation sites excluding steroid dienone is 1. The Bertz CT molecular complexity index is 695. The van der Waals surface area contributed by atoms with Crippen LogP contribution in [0.1, 0.15) is 49.7 Å². The van der Waals surface area contributed by atoms with E-state index in [1.807, 2.05) is 24.3 Å². The standard InChI is InChI=1S/C22H23FO/c23-19-9-5-16(6-10-19)22(17-7-11-20(24)12-8-17)21-13-4-15-2-1-3-18(21)14-15/h5-12,15,18,24H,1-4,13-14H2/b22-21+/t15-,18-/m1/s1. The van der Waals surface area contributed by atoms with Crippen LogP contribution in [0.5, 0.6) is 5.75 Å². The fourth-order valence-corrected chi connectivity index (χ4v) is 4.54. The van der Waals surface area contributed by atoms with E-state index in [2.05, 4.69) is 0 Å². The second-order valence-electron chi connectivity index (χ2n) is 7.22. The van der Waals surface area contributed by atoms with Gasteiger partial charge < -0.3 is 5.11 Å². The minimum Gasteiger partial charge on any atom is -0.508 e. The van der Waals surface area contributed by atoms with Crippen molar-refractivity contribution in [3.8, 4) is 5.75 Å². The summed E-state index contributed by atoms with van der Waals surface area (Å²) < 4.78 is 13.4. The highest BCUT2D eigenvalue weighted by Crippen LogP contribution is 2.46. The summed E-state index contributed by atoms with van der Waals surface area (Å²) in [7, 11) is 0. The average molecular weight is 322 g/mol. The lowest BCUT2D eigenvalue weighted by molar-refractivity contribution is 0.243. The zero-order valence-electron chi connectivity index (χ0n) is 13.8. The third-order valence-electron chi connectivity index (χ3n) is 5.71. The van der Waals surface area contributed by atoms with Gasteiger partial charge in [-0.05, 0) is 78.5 Å². The van der Waals surface area contributed by atoms with E-state index in [0.29, 0.717) is 5.92 Å². The van der Waals surface area contributed by atoms with E-state index in [4.69, 9.17) is 0 Å². The Morgan fingerprint density at radius 3 is 2.25 bits per heavy atom. The Morgan fingerprint density at radius 2 is 1.54 bits per heavy atom. The highest BCUT2D eigenvalue weighted by atomic mass is 19.1. The maximum atomic E-state index is 13.4. The highest BCUT2D eigenvalue weighted by molar-refractivity contribution is 5.82. The summed E-state index contributed by atoms with van der Waals surface area (Å²) in [6.45, 7) is 0. The summed E-state index contributed by atoms with van der Waals surface area (Å²) in [4.78, 5) is 0. The first-order valence-corrected chi connectivity index (χ1v) is 8.99. The Hall–Kier alpha value is -2.09. The van der Waals surface area contributed by atoms with Gasteiger partial charge in [0.15, 0.2) is 0 Å². The third kappa shape index (κ3) is 2.98. The molecule has 0 radical (unpaired) electrons. The van der Waals surface area contributed by atoms with Gasteiger partial charge in [-0.3, -0.25) is 0 Å². The van der Waals surface area contributed by atoms with Crippen LogP contribution in [0.15, 0.2) is 54.1 Å². The molecular formula is C22H23FO. The van der Waals surface area contributed by atoms with Gasteiger partial charge in [0, 0.05) is 0 Å². The molecule has 0 aliphatic heterocycles. The molecule has 0 saturated heterocycles. The number of hydrogen-bond acceptors (Lipinski definition) is 1. The second kappa shape index (κ2) is 6.43. The smallest absolute Gasteiger partial charge is 0.123 e. The molecule has 0 amide bonds. The van der Waals surface area contributed by atoms with Crippen molar-refractivity contribution in [1.82, 2.24) is 0 Å². The van der Waals surface area contributed by atoms with Crippen LogP contribution in [0.4, 0.5) is 4.39 Å². The number of aromatic hydroxyl groups is 1. The van der Waals surface area contributed by atoms with Crippen LogP contribution in [0.3, 0.4) is 0 Å². The summed E-state index contributed by atoms with van der Waals surface area (Å²) in [5.74, 6) is 1.63. The van der Waals surface area contributed by atoms with Gasteiger partial charge in [0.05, 0.1) is 0 Å². The summed E-state index contributed by atoms with van der Waals surface area (Å²) in [5.41, 5.74) is 4.99. The molecule has 0 spiro atoms. The Kier molecular flexibility index (Phi) is 4.13. The normalized spacial score (nSPS) is 25.4. The van der Waals surface area contributed by atoms with Crippen LogP contribution in [0.2, 0.25) is 0 Å². The molecule has 0 heterocycles. The minimum atomic E-state index is -0.199. The van der Waals surface area contributed by atoms with Gasteiger partial charge in [0.1, 0.15) is 11.6 Å². The number of rotatable bonds is 2. The van der Waals surface area contributed by atoms with Crippen LogP contribution >= 0.6 is 0 Å². The summed E-state index contributed by atoms with van der Waals surface area (Å²) in [5, 5.41) is 9.63. The molecule has 0 aromatic heterocycles. The lowest BCUT2D eigenvalue weighted by atomic mass is 9.67. The molecule has 0 unspecified atom stereocenters. The maximum absolute atomic E-state index is 13.4. The summed E-state index contributed by atoms with van der Waals surface area (Å²) in [6.07, 6.45) is 7.70. The highest BCUT2D eigenvalue weighted by Gasteiger charge is 2.31. The minimum absolute atomic E-state index is 0.199. The molecule has 24 heavy (non-hydrogen) atoms. The number of halogens is 1. The topological polar surface area (TPSA) is 20.2 Å². The third-order valence-corrected chi connectivity index (χ3v) is 5.71. The van der Waals surface area contributed by atoms with Gasteiger partial charge in [-0.2, -0.15) is 0 Å². The molecule has 1 N–H and O–H groups in total. The first-order chi connectivity index (χ1) is 11.7. The zero-order valence-corrected chi connectivity index (χ0v) is 13.8. The van der Waals surface area contributed by atoms with Gasteiger partial charge in [0.25, 0.3) is 0 Å². The van der Waals surface area contributed by atoms with Crippen molar-refractivity contribution >= 4 is 5.57 Å². The Morgan fingerprint density at radius 1 is 0.875 bits per heavy atom. The van der Waals surface area contributed by atoms with E-state index in [-0.39, 0.29) is 11.6 Å². The second-order valence-corrected chi connectivity index (χ2v) is 7.22.